The molecule has 1 aromatic heterocycles. The van der Waals surface area contributed by atoms with E-state index in [1.54, 1.807) is 0 Å². The zero-order chi connectivity index (χ0) is 25.8. The number of benzene rings is 3. The average molecular weight is 494 g/mol. The lowest BCUT2D eigenvalue weighted by atomic mass is 9.56. The molecule has 0 radical (unpaired) electrons. The Kier molecular flexibility index (Phi) is 4.04. The molecule has 3 aromatic carbocycles. The summed E-state index contributed by atoms with van der Waals surface area (Å²) in [6, 6.07) is 25.3. The van der Waals surface area contributed by atoms with Crippen LogP contribution in [0.2, 0.25) is 0 Å². The number of fused-ring (bicyclic) bond motifs is 6. The van der Waals surface area contributed by atoms with E-state index in [0.717, 1.165) is 61.4 Å². The predicted molar refractivity (Wildman–Crippen MR) is 151 cm³/mol. The van der Waals surface area contributed by atoms with Crippen LogP contribution >= 0.6 is 0 Å². The molecule has 0 amide bonds. The minimum Gasteiger partial charge on any atom is -0.439 e. The number of nitrogens with zero attached hydrogens (tertiary/aromatic N) is 2. The first kappa shape index (κ1) is 21.6. The van der Waals surface area contributed by atoms with E-state index in [1.165, 1.54) is 11.1 Å². The molecule has 8 rings (SSSR count). The van der Waals surface area contributed by atoms with Crippen LogP contribution in [-0.2, 0) is 5.41 Å². The average Bonchev–Trinajstić information content (AvgIpc) is 3.31. The highest BCUT2D eigenvalue weighted by Gasteiger charge is 2.48. The van der Waals surface area contributed by atoms with Crippen LogP contribution in [0.15, 0.2) is 95.5 Å². The van der Waals surface area contributed by atoms with Gasteiger partial charge in [-0.2, -0.15) is 0 Å². The van der Waals surface area contributed by atoms with Gasteiger partial charge in [0.2, 0.25) is 5.88 Å². The number of hydrogen-bond donors (Lipinski definition) is 1. The molecule has 0 saturated heterocycles. The molecule has 0 fully saturated rings. The molecule has 0 atom stereocenters. The molecule has 4 heterocycles. The number of dihydropyridines is 1. The summed E-state index contributed by atoms with van der Waals surface area (Å²) in [5, 5.41) is 5.91. The van der Waals surface area contributed by atoms with E-state index < -0.39 is 0 Å². The molecular weight excluding hydrogens is 466 g/mol. The Morgan fingerprint density at radius 2 is 1.55 bits per heavy atom. The van der Waals surface area contributed by atoms with Gasteiger partial charge in [-0.3, -0.25) is 0 Å². The van der Waals surface area contributed by atoms with Crippen LogP contribution in [0.1, 0.15) is 39.0 Å². The third-order valence-corrected chi connectivity index (χ3v) is 9.20. The largest absolute Gasteiger partial charge is 0.439 e. The van der Waals surface area contributed by atoms with Crippen molar-refractivity contribution >= 4 is 17.1 Å². The minimum atomic E-state index is -0.126. The van der Waals surface area contributed by atoms with E-state index in [1.807, 2.05) is 18.2 Å². The van der Waals surface area contributed by atoms with Gasteiger partial charge < -0.3 is 10.1 Å². The van der Waals surface area contributed by atoms with E-state index in [2.05, 4.69) is 99.8 Å². The first-order valence-corrected chi connectivity index (χ1v) is 13.2. The Labute approximate surface area is 221 Å². The molecular formula is C34H27N3O. The Hall–Kier alpha value is -4.44. The van der Waals surface area contributed by atoms with Gasteiger partial charge in [-0.15, -0.1) is 0 Å². The van der Waals surface area contributed by atoms with Gasteiger partial charge in [0.1, 0.15) is 5.75 Å². The molecule has 8 bridgehead atoms. The number of hydrogen-bond acceptors (Lipinski definition) is 4. The number of allylic oxidation sites excluding steroid dienone is 2. The second-order valence-corrected chi connectivity index (χ2v) is 11.6. The Morgan fingerprint density at radius 1 is 0.763 bits per heavy atom. The third kappa shape index (κ3) is 2.70. The second-order valence-electron chi connectivity index (χ2n) is 11.6. The Balaban J connectivity index is 1.50. The smallest absolute Gasteiger partial charge is 0.219 e. The van der Waals surface area contributed by atoms with E-state index in [4.69, 9.17) is 14.7 Å². The molecule has 0 saturated carbocycles. The number of nitrogens with one attached hydrogen (secondary N) is 1. The lowest BCUT2D eigenvalue weighted by Gasteiger charge is -2.49. The summed E-state index contributed by atoms with van der Waals surface area (Å²) in [5.41, 5.74) is 10.7. The molecule has 1 N–H and O–H groups in total. The van der Waals surface area contributed by atoms with Gasteiger partial charge in [-0.25, -0.2) is 9.98 Å². The number of ether oxygens (including phenoxy) is 1. The molecule has 4 heteroatoms. The van der Waals surface area contributed by atoms with Crippen LogP contribution in [0, 0.1) is 5.41 Å². The first-order chi connectivity index (χ1) is 18.3. The zero-order valence-corrected chi connectivity index (χ0v) is 21.9. The van der Waals surface area contributed by atoms with E-state index in [9.17, 15) is 0 Å². The van der Waals surface area contributed by atoms with Crippen LogP contribution in [-0.4, -0.2) is 4.98 Å². The zero-order valence-electron chi connectivity index (χ0n) is 21.9. The Morgan fingerprint density at radius 3 is 2.45 bits per heavy atom. The van der Waals surface area contributed by atoms with Crippen molar-refractivity contribution < 1.29 is 4.74 Å². The number of para-hydroxylation sites is 2. The van der Waals surface area contributed by atoms with Crippen LogP contribution < -0.4 is 20.6 Å². The van der Waals surface area contributed by atoms with E-state index in [0.29, 0.717) is 5.88 Å². The molecule has 1 aliphatic carbocycles. The molecule has 184 valence electrons. The number of aromatic nitrogens is 1. The molecule has 38 heavy (non-hydrogen) atoms. The van der Waals surface area contributed by atoms with Gasteiger partial charge in [0, 0.05) is 44.5 Å². The molecule has 0 spiro atoms. The van der Waals surface area contributed by atoms with Crippen molar-refractivity contribution in [3.63, 3.8) is 0 Å². The maximum atomic E-state index is 6.39. The first-order valence-electron chi connectivity index (χ1n) is 13.2. The fourth-order valence-corrected chi connectivity index (χ4v) is 6.40. The van der Waals surface area contributed by atoms with Crippen molar-refractivity contribution in [2.45, 2.75) is 33.1 Å². The lowest BCUT2D eigenvalue weighted by molar-refractivity contribution is 0.247. The van der Waals surface area contributed by atoms with Gasteiger partial charge in [0.15, 0.2) is 0 Å². The van der Waals surface area contributed by atoms with E-state index in [-0.39, 0.29) is 10.8 Å². The minimum absolute atomic E-state index is 0.111. The van der Waals surface area contributed by atoms with Crippen molar-refractivity contribution in [2.24, 2.45) is 10.4 Å². The SMILES string of the molecule is CC1(C)C2=C3NC(=c4cccc5c4=Nc4c(cccc4-5)-c4cccc(c4)Oc4ccc(c3n4)C1(C)C)C=C2. The van der Waals surface area contributed by atoms with Crippen molar-refractivity contribution in [1.82, 2.24) is 10.3 Å². The van der Waals surface area contributed by atoms with Crippen LogP contribution in [0.25, 0.3) is 33.6 Å². The van der Waals surface area contributed by atoms with Crippen molar-refractivity contribution in [3.05, 3.63) is 112 Å². The highest BCUT2D eigenvalue weighted by Crippen LogP contribution is 2.55. The summed E-state index contributed by atoms with van der Waals surface area (Å²) < 4.78 is 6.39. The summed E-state index contributed by atoms with van der Waals surface area (Å²) in [5.74, 6) is 1.34. The normalized spacial score (nSPS) is 18.3. The van der Waals surface area contributed by atoms with Crippen LogP contribution in [0.3, 0.4) is 0 Å². The number of rotatable bonds is 0. The Bertz CT molecular complexity index is 1920. The third-order valence-electron chi connectivity index (χ3n) is 9.20. The molecule has 4 aliphatic rings. The summed E-state index contributed by atoms with van der Waals surface area (Å²) in [6.07, 6.45) is 4.48. The summed E-state index contributed by atoms with van der Waals surface area (Å²) in [7, 11) is 0. The lowest BCUT2D eigenvalue weighted by Crippen LogP contribution is -2.45. The molecule has 0 unspecified atom stereocenters. The van der Waals surface area contributed by atoms with Crippen molar-refractivity contribution in [2.75, 3.05) is 0 Å². The topological polar surface area (TPSA) is 46.5 Å². The van der Waals surface area contributed by atoms with Crippen LogP contribution in [0.4, 0.5) is 5.69 Å². The molecule has 4 aromatic rings. The van der Waals surface area contributed by atoms with Gasteiger partial charge in [-0.05, 0) is 34.9 Å². The maximum Gasteiger partial charge on any atom is 0.219 e. The molecule has 3 aliphatic heterocycles. The maximum absolute atomic E-state index is 6.39. The standard InChI is InChI=1S/C34H27N3O/c1-33(2)25-14-16-27-24-13-7-12-23-22-11-6-10-21(29(22)37-30(23)24)19-8-5-9-20(18-19)38-28-17-15-26(34(33,3)4)32(36-28)31(25)35-27/h5-18,35H,1-4H3. The fraction of sp³-hybridized carbons (Fsp3) is 0.176. The van der Waals surface area contributed by atoms with Crippen LogP contribution in [0.5, 0.6) is 11.6 Å². The quantitative estimate of drug-likeness (QED) is 0.259. The van der Waals surface area contributed by atoms with Crippen molar-refractivity contribution in [3.8, 4) is 33.9 Å². The summed E-state index contributed by atoms with van der Waals surface area (Å²) in [6.45, 7) is 9.28. The van der Waals surface area contributed by atoms with Gasteiger partial charge in [0.25, 0.3) is 0 Å². The second kappa shape index (κ2) is 7.11. The molecule has 4 nitrogen and oxygen atoms in total. The fourth-order valence-electron chi connectivity index (χ4n) is 6.40. The van der Waals surface area contributed by atoms with Crippen molar-refractivity contribution in [1.29, 1.82) is 0 Å². The summed E-state index contributed by atoms with van der Waals surface area (Å²) >= 11 is 0. The van der Waals surface area contributed by atoms with E-state index >= 15 is 0 Å². The van der Waals surface area contributed by atoms with Gasteiger partial charge in [0.05, 0.1) is 22.4 Å². The van der Waals surface area contributed by atoms with Gasteiger partial charge >= 0.3 is 0 Å². The highest BCUT2D eigenvalue weighted by molar-refractivity contribution is 5.91. The highest BCUT2D eigenvalue weighted by atomic mass is 16.5. The summed E-state index contributed by atoms with van der Waals surface area (Å²) in [4.78, 5) is 10.4. The van der Waals surface area contributed by atoms with Gasteiger partial charge in [-0.1, -0.05) is 88.4 Å². The predicted octanol–water partition coefficient (Wildman–Crippen LogP) is 6.78. The monoisotopic (exact) mass is 493 g/mol. The number of pyridine rings is 1.